The summed E-state index contributed by atoms with van der Waals surface area (Å²) < 4.78 is 28.8. The number of aryl methyl sites for hydroxylation is 2. The number of piperidine rings is 1. The van der Waals surface area contributed by atoms with Crippen molar-refractivity contribution in [3.63, 3.8) is 0 Å². The largest absolute Gasteiger partial charge is 0.348 e. The summed E-state index contributed by atoms with van der Waals surface area (Å²) >= 11 is 1.64. The minimum Gasteiger partial charge on any atom is -0.348 e. The number of nitrogens with zero attached hydrogens (tertiary/aromatic N) is 3. The molecule has 0 bridgehead atoms. The number of thiophene rings is 1. The van der Waals surface area contributed by atoms with Gasteiger partial charge in [0, 0.05) is 37.1 Å². The minimum absolute atomic E-state index is 0.00375. The van der Waals surface area contributed by atoms with Crippen molar-refractivity contribution < 1.29 is 13.2 Å². The summed E-state index contributed by atoms with van der Waals surface area (Å²) in [5, 5.41) is 5.30. The smallest absolute Gasteiger partial charge is 0.262 e. The van der Waals surface area contributed by atoms with E-state index in [4.69, 9.17) is 0 Å². The van der Waals surface area contributed by atoms with Crippen molar-refractivity contribution in [3.8, 4) is 0 Å². The highest BCUT2D eigenvalue weighted by Gasteiger charge is 2.36. The van der Waals surface area contributed by atoms with Crippen LogP contribution < -0.4 is 5.32 Å². The Labute approximate surface area is 177 Å². The second kappa shape index (κ2) is 8.20. The van der Waals surface area contributed by atoms with Crippen molar-refractivity contribution in [2.75, 3.05) is 13.1 Å². The first-order valence-electron chi connectivity index (χ1n) is 9.84. The van der Waals surface area contributed by atoms with E-state index in [0.717, 1.165) is 4.88 Å². The molecule has 1 fully saturated rings. The quantitative estimate of drug-likeness (QED) is 0.777. The summed E-state index contributed by atoms with van der Waals surface area (Å²) in [5.74, 6) is 0.473. The summed E-state index contributed by atoms with van der Waals surface area (Å²) in [6, 6.07) is 3.98. The zero-order valence-electron chi connectivity index (χ0n) is 17.7. The van der Waals surface area contributed by atoms with Crippen molar-refractivity contribution in [1.29, 1.82) is 0 Å². The fraction of sp³-hybridized carbons (Fsp3) is 0.600. The average molecular weight is 439 g/mol. The SMILES string of the molecule is Cc1nc(S(=O)(=O)N2CCC(C(=O)NC(c3cccs3)C(C)(C)C)CC2)cn1C. The van der Waals surface area contributed by atoms with Crippen LogP contribution in [-0.4, -0.2) is 41.3 Å². The molecule has 1 saturated heterocycles. The maximum Gasteiger partial charge on any atom is 0.262 e. The van der Waals surface area contributed by atoms with Gasteiger partial charge in [0.05, 0.1) is 6.04 Å². The molecule has 0 aromatic carbocycles. The monoisotopic (exact) mass is 438 g/mol. The highest BCUT2D eigenvalue weighted by molar-refractivity contribution is 7.89. The predicted octanol–water partition coefficient (Wildman–Crippen LogP) is 3.09. The molecule has 1 aliphatic heterocycles. The molecule has 0 radical (unpaired) electrons. The first-order valence-corrected chi connectivity index (χ1v) is 12.2. The van der Waals surface area contributed by atoms with Crippen LogP contribution in [0.2, 0.25) is 0 Å². The van der Waals surface area contributed by atoms with Gasteiger partial charge in [-0.3, -0.25) is 4.79 Å². The van der Waals surface area contributed by atoms with E-state index in [9.17, 15) is 13.2 Å². The number of rotatable bonds is 5. The normalized spacial score (nSPS) is 18.0. The summed E-state index contributed by atoms with van der Waals surface area (Å²) in [5.41, 5.74) is -0.110. The van der Waals surface area contributed by atoms with Crippen molar-refractivity contribution in [3.05, 3.63) is 34.4 Å². The number of imidazole rings is 1. The number of carbonyl (C=O) groups excluding carboxylic acids is 1. The molecule has 2 aromatic heterocycles. The van der Waals surface area contributed by atoms with Crippen LogP contribution in [0.25, 0.3) is 0 Å². The first-order chi connectivity index (χ1) is 13.5. The van der Waals surface area contributed by atoms with Gasteiger partial charge in [0.2, 0.25) is 5.91 Å². The standard InChI is InChI=1S/C20H30N4O3S2/c1-14-21-17(13-23(14)5)29(26,27)24-10-8-15(9-11-24)19(25)22-18(20(2,3)4)16-7-6-12-28-16/h6-7,12-13,15,18H,8-11H2,1-5H3,(H,22,25). The van der Waals surface area contributed by atoms with Crippen molar-refractivity contribution in [2.45, 2.75) is 51.6 Å². The van der Waals surface area contributed by atoms with Crippen molar-refractivity contribution >= 4 is 27.3 Å². The van der Waals surface area contributed by atoms with E-state index in [1.807, 2.05) is 17.5 Å². The first kappa shape index (κ1) is 22.0. The highest BCUT2D eigenvalue weighted by atomic mass is 32.2. The Morgan fingerprint density at radius 3 is 2.45 bits per heavy atom. The maximum absolute atomic E-state index is 12.9. The van der Waals surface area contributed by atoms with Crippen LogP contribution in [0, 0.1) is 18.3 Å². The summed E-state index contributed by atoms with van der Waals surface area (Å²) in [7, 11) is -1.85. The van der Waals surface area contributed by atoms with Gasteiger partial charge >= 0.3 is 0 Å². The second-order valence-electron chi connectivity index (χ2n) is 8.74. The van der Waals surface area contributed by atoms with Crippen LogP contribution in [0.4, 0.5) is 0 Å². The highest BCUT2D eigenvalue weighted by Crippen LogP contribution is 2.36. The Morgan fingerprint density at radius 1 is 1.31 bits per heavy atom. The lowest BCUT2D eigenvalue weighted by Gasteiger charge is -2.34. The van der Waals surface area contributed by atoms with Gasteiger partial charge < -0.3 is 9.88 Å². The number of aromatic nitrogens is 2. The lowest BCUT2D eigenvalue weighted by molar-refractivity contribution is -0.127. The number of nitrogens with one attached hydrogen (secondary N) is 1. The van der Waals surface area contributed by atoms with Gasteiger partial charge in [-0.25, -0.2) is 13.4 Å². The Kier molecular flexibility index (Phi) is 6.21. The van der Waals surface area contributed by atoms with Gasteiger partial charge in [-0.2, -0.15) is 4.31 Å². The molecule has 7 nitrogen and oxygen atoms in total. The van der Waals surface area contributed by atoms with Gasteiger partial charge in [0.25, 0.3) is 10.0 Å². The summed E-state index contributed by atoms with van der Waals surface area (Å²) in [4.78, 5) is 18.2. The number of sulfonamides is 1. The predicted molar refractivity (Wildman–Crippen MR) is 114 cm³/mol. The number of carbonyl (C=O) groups is 1. The molecule has 3 heterocycles. The molecule has 1 amide bonds. The van der Waals surface area contributed by atoms with Crippen LogP contribution in [0.1, 0.15) is 50.4 Å². The van der Waals surface area contributed by atoms with Crippen LogP contribution in [-0.2, 0) is 21.9 Å². The fourth-order valence-electron chi connectivity index (χ4n) is 3.57. The molecule has 1 unspecified atom stereocenters. The van der Waals surface area contributed by atoms with E-state index in [2.05, 4.69) is 31.1 Å². The third kappa shape index (κ3) is 4.73. The molecule has 9 heteroatoms. The van der Waals surface area contributed by atoms with E-state index in [1.165, 1.54) is 4.31 Å². The molecule has 29 heavy (non-hydrogen) atoms. The zero-order valence-corrected chi connectivity index (χ0v) is 19.3. The summed E-state index contributed by atoms with van der Waals surface area (Å²) in [6.07, 6.45) is 2.56. The molecule has 1 atom stereocenters. The molecule has 160 valence electrons. The van der Waals surface area contributed by atoms with E-state index in [1.54, 1.807) is 36.1 Å². The van der Waals surface area contributed by atoms with Gasteiger partial charge in [-0.1, -0.05) is 26.8 Å². The topological polar surface area (TPSA) is 84.3 Å². The molecule has 0 aliphatic carbocycles. The Hall–Kier alpha value is -1.71. The Bertz CT molecular complexity index is 931. The van der Waals surface area contributed by atoms with Crippen molar-refractivity contribution in [2.24, 2.45) is 18.4 Å². The van der Waals surface area contributed by atoms with E-state index < -0.39 is 10.0 Å². The lowest BCUT2D eigenvalue weighted by Crippen LogP contribution is -2.45. The Morgan fingerprint density at radius 2 is 1.97 bits per heavy atom. The van der Waals surface area contributed by atoms with Gasteiger partial charge in [0.15, 0.2) is 5.03 Å². The molecular weight excluding hydrogens is 408 g/mol. The number of amides is 1. The third-order valence-electron chi connectivity index (χ3n) is 5.50. The van der Waals surface area contributed by atoms with E-state index in [0.29, 0.717) is 31.8 Å². The minimum atomic E-state index is -3.62. The number of hydrogen-bond donors (Lipinski definition) is 1. The maximum atomic E-state index is 12.9. The third-order valence-corrected chi connectivity index (χ3v) is 8.20. The molecule has 0 saturated carbocycles. The number of hydrogen-bond acceptors (Lipinski definition) is 5. The second-order valence-corrected chi connectivity index (χ2v) is 11.6. The zero-order chi connectivity index (χ0) is 21.4. The van der Waals surface area contributed by atoms with Crippen LogP contribution in [0.3, 0.4) is 0 Å². The molecule has 3 rings (SSSR count). The van der Waals surface area contributed by atoms with Crippen LogP contribution in [0.15, 0.2) is 28.7 Å². The van der Waals surface area contributed by atoms with Gasteiger partial charge in [0.1, 0.15) is 5.82 Å². The Balaban J connectivity index is 1.65. The van der Waals surface area contributed by atoms with E-state index in [-0.39, 0.29) is 28.3 Å². The molecular formula is C20H30N4O3S2. The van der Waals surface area contributed by atoms with E-state index >= 15 is 0 Å². The molecule has 1 N–H and O–H groups in total. The molecule has 2 aromatic rings. The van der Waals surface area contributed by atoms with Crippen LogP contribution >= 0.6 is 11.3 Å². The van der Waals surface area contributed by atoms with Gasteiger partial charge in [-0.05, 0) is 36.6 Å². The lowest BCUT2D eigenvalue weighted by atomic mass is 9.85. The van der Waals surface area contributed by atoms with Gasteiger partial charge in [-0.15, -0.1) is 11.3 Å². The van der Waals surface area contributed by atoms with Crippen LogP contribution in [0.5, 0.6) is 0 Å². The fourth-order valence-corrected chi connectivity index (χ4v) is 6.09. The molecule has 1 aliphatic rings. The summed E-state index contributed by atoms with van der Waals surface area (Å²) in [6.45, 7) is 8.77. The van der Waals surface area contributed by atoms with Crippen molar-refractivity contribution in [1.82, 2.24) is 19.2 Å². The average Bonchev–Trinajstić information content (AvgIpc) is 3.29. The molecule has 0 spiro atoms.